The van der Waals surface area contributed by atoms with E-state index < -0.39 is 0 Å². The van der Waals surface area contributed by atoms with Crippen molar-refractivity contribution in [3.63, 3.8) is 0 Å². The molecule has 0 saturated heterocycles. The van der Waals surface area contributed by atoms with Crippen molar-refractivity contribution in [3.05, 3.63) is 41.6 Å². The quantitative estimate of drug-likeness (QED) is 0.784. The predicted octanol–water partition coefficient (Wildman–Crippen LogP) is 3.68. The van der Waals surface area contributed by atoms with Gasteiger partial charge in [0.05, 0.1) is 0 Å². The van der Waals surface area contributed by atoms with Crippen molar-refractivity contribution in [2.75, 3.05) is 5.32 Å². The number of hydrogen-bond acceptors (Lipinski definition) is 2. The minimum atomic E-state index is 0.189. The largest absolute Gasteiger partial charge is 0.361 e. The Kier molecular flexibility index (Phi) is 3.62. The van der Waals surface area contributed by atoms with Crippen LogP contribution >= 0.6 is 0 Å². The van der Waals surface area contributed by atoms with Gasteiger partial charge in [0.2, 0.25) is 0 Å². The Labute approximate surface area is 103 Å². The fourth-order valence-corrected chi connectivity index (χ4v) is 2.22. The molecule has 1 aliphatic carbocycles. The third-order valence-electron chi connectivity index (χ3n) is 3.28. The van der Waals surface area contributed by atoms with E-state index in [1.54, 1.807) is 0 Å². The van der Waals surface area contributed by atoms with Crippen LogP contribution in [0.1, 0.15) is 31.7 Å². The number of allylic oxidation sites excluding steroid dienone is 1. The van der Waals surface area contributed by atoms with Gasteiger partial charge in [-0.15, -0.1) is 0 Å². The Balaban J connectivity index is 2.07. The van der Waals surface area contributed by atoms with Crippen LogP contribution in [0.4, 0.5) is 5.69 Å². The number of nitrogens with one attached hydrogen (secondary N) is 1. The van der Waals surface area contributed by atoms with Crippen LogP contribution in [0.25, 0.3) is 0 Å². The van der Waals surface area contributed by atoms with E-state index in [0.717, 1.165) is 30.5 Å². The number of benzene rings is 1. The van der Waals surface area contributed by atoms with Crippen LogP contribution in [-0.2, 0) is 4.79 Å². The van der Waals surface area contributed by atoms with Crippen molar-refractivity contribution in [1.29, 1.82) is 0 Å². The molecule has 2 nitrogen and oxygen atoms in total. The van der Waals surface area contributed by atoms with Crippen LogP contribution in [0.5, 0.6) is 0 Å². The number of carbonyl (C=O) groups is 1. The van der Waals surface area contributed by atoms with E-state index in [1.807, 2.05) is 25.3 Å². The zero-order valence-electron chi connectivity index (χ0n) is 10.5. The number of ketones is 1. The SMILES string of the molecule is Cc1cccc(N/C=C2/CCC[C@@H](C)C2=O)c1. The number of aryl methyl sites for hydroxylation is 1. The molecule has 1 aliphatic rings. The topological polar surface area (TPSA) is 29.1 Å². The number of anilines is 1. The summed E-state index contributed by atoms with van der Waals surface area (Å²) in [5, 5.41) is 3.22. The van der Waals surface area contributed by atoms with Gasteiger partial charge in [-0.05, 0) is 43.9 Å². The Morgan fingerprint density at radius 1 is 1.41 bits per heavy atom. The van der Waals surface area contributed by atoms with Crippen molar-refractivity contribution < 1.29 is 4.79 Å². The van der Waals surface area contributed by atoms with Gasteiger partial charge in [-0.3, -0.25) is 4.79 Å². The average molecular weight is 229 g/mol. The maximum atomic E-state index is 11.9. The molecule has 1 atom stereocenters. The van der Waals surface area contributed by atoms with Gasteiger partial charge in [0.1, 0.15) is 0 Å². The molecule has 0 unspecified atom stereocenters. The van der Waals surface area contributed by atoms with Crippen LogP contribution in [0.2, 0.25) is 0 Å². The molecule has 0 aliphatic heterocycles. The van der Waals surface area contributed by atoms with Crippen molar-refractivity contribution in [3.8, 4) is 0 Å². The molecule has 0 amide bonds. The number of carbonyl (C=O) groups excluding carboxylic acids is 1. The summed E-state index contributed by atoms with van der Waals surface area (Å²) in [6.45, 7) is 4.08. The van der Waals surface area contributed by atoms with Gasteiger partial charge in [0.25, 0.3) is 0 Å². The van der Waals surface area contributed by atoms with Gasteiger partial charge in [0.15, 0.2) is 5.78 Å². The fourth-order valence-electron chi connectivity index (χ4n) is 2.22. The smallest absolute Gasteiger partial charge is 0.163 e. The Hall–Kier alpha value is -1.57. The van der Waals surface area contributed by atoms with E-state index in [9.17, 15) is 4.79 Å². The number of rotatable bonds is 2. The molecular weight excluding hydrogens is 210 g/mol. The second-order valence-electron chi connectivity index (χ2n) is 4.84. The Morgan fingerprint density at radius 2 is 2.24 bits per heavy atom. The van der Waals surface area contributed by atoms with Gasteiger partial charge < -0.3 is 5.32 Å². The zero-order valence-corrected chi connectivity index (χ0v) is 10.5. The third-order valence-corrected chi connectivity index (χ3v) is 3.28. The molecule has 1 saturated carbocycles. The van der Waals surface area contributed by atoms with Crippen molar-refractivity contribution in [1.82, 2.24) is 0 Å². The summed E-state index contributed by atoms with van der Waals surface area (Å²) in [6.07, 6.45) is 4.93. The highest BCUT2D eigenvalue weighted by Crippen LogP contribution is 2.24. The normalized spacial score (nSPS) is 22.8. The van der Waals surface area contributed by atoms with Crippen LogP contribution in [-0.4, -0.2) is 5.78 Å². The average Bonchev–Trinajstić information content (AvgIpc) is 2.31. The standard InChI is InChI=1S/C15H19NO/c1-11-5-3-8-14(9-11)16-10-13-7-4-6-12(2)15(13)17/h3,5,8-10,12,16H,4,6-7H2,1-2H3/b13-10-/t12-/m1/s1. The van der Waals surface area contributed by atoms with Gasteiger partial charge >= 0.3 is 0 Å². The van der Waals surface area contributed by atoms with Crippen molar-refractivity contribution in [2.24, 2.45) is 5.92 Å². The highest BCUT2D eigenvalue weighted by atomic mass is 16.1. The minimum absolute atomic E-state index is 0.189. The molecule has 0 bridgehead atoms. The molecule has 0 radical (unpaired) electrons. The van der Waals surface area contributed by atoms with Gasteiger partial charge in [0, 0.05) is 23.4 Å². The van der Waals surface area contributed by atoms with E-state index in [2.05, 4.69) is 24.4 Å². The first kappa shape index (κ1) is 11.9. The number of Topliss-reactive ketones (excluding diaryl/α,β-unsaturated/α-hetero) is 1. The summed E-state index contributed by atoms with van der Waals surface area (Å²) in [7, 11) is 0. The monoisotopic (exact) mass is 229 g/mol. The van der Waals surface area contributed by atoms with Crippen molar-refractivity contribution >= 4 is 11.5 Å². The maximum absolute atomic E-state index is 11.9. The highest BCUT2D eigenvalue weighted by molar-refractivity contribution is 5.97. The molecule has 2 rings (SSSR count). The molecule has 1 aromatic rings. The first-order chi connectivity index (χ1) is 8.16. The van der Waals surface area contributed by atoms with E-state index >= 15 is 0 Å². The second-order valence-corrected chi connectivity index (χ2v) is 4.84. The number of hydrogen-bond donors (Lipinski definition) is 1. The van der Waals surface area contributed by atoms with Crippen LogP contribution in [0.3, 0.4) is 0 Å². The summed E-state index contributed by atoms with van der Waals surface area (Å²) < 4.78 is 0. The fraction of sp³-hybridized carbons (Fsp3) is 0.400. The van der Waals surface area contributed by atoms with Gasteiger partial charge in [-0.25, -0.2) is 0 Å². The lowest BCUT2D eigenvalue weighted by molar-refractivity contribution is -0.119. The Bertz CT molecular complexity index is 448. The van der Waals surface area contributed by atoms with Gasteiger partial charge in [-0.2, -0.15) is 0 Å². The molecule has 2 heteroatoms. The van der Waals surface area contributed by atoms with Crippen molar-refractivity contribution in [2.45, 2.75) is 33.1 Å². The third kappa shape index (κ3) is 2.96. The van der Waals surface area contributed by atoms with Crippen LogP contribution in [0, 0.1) is 12.8 Å². The van der Waals surface area contributed by atoms with E-state index in [1.165, 1.54) is 5.56 Å². The summed E-state index contributed by atoms with van der Waals surface area (Å²) in [4.78, 5) is 11.9. The highest BCUT2D eigenvalue weighted by Gasteiger charge is 2.22. The molecule has 17 heavy (non-hydrogen) atoms. The molecular formula is C15H19NO. The zero-order chi connectivity index (χ0) is 12.3. The first-order valence-corrected chi connectivity index (χ1v) is 6.23. The Morgan fingerprint density at radius 3 is 3.00 bits per heavy atom. The van der Waals surface area contributed by atoms with E-state index in [0.29, 0.717) is 5.78 Å². The first-order valence-electron chi connectivity index (χ1n) is 6.23. The van der Waals surface area contributed by atoms with Gasteiger partial charge in [-0.1, -0.05) is 19.1 Å². The lowest BCUT2D eigenvalue weighted by Crippen LogP contribution is -2.19. The predicted molar refractivity (Wildman–Crippen MR) is 70.9 cm³/mol. The van der Waals surface area contributed by atoms with Crippen LogP contribution in [0.15, 0.2) is 36.0 Å². The van der Waals surface area contributed by atoms with E-state index in [4.69, 9.17) is 0 Å². The summed E-state index contributed by atoms with van der Waals surface area (Å²) in [5.41, 5.74) is 3.20. The molecule has 0 spiro atoms. The summed E-state index contributed by atoms with van der Waals surface area (Å²) >= 11 is 0. The lowest BCUT2D eigenvalue weighted by atomic mass is 9.86. The summed E-state index contributed by atoms with van der Waals surface area (Å²) in [5.74, 6) is 0.491. The second kappa shape index (κ2) is 5.17. The maximum Gasteiger partial charge on any atom is 0.163 e. The molecule has 1 N–H and O–H groups in total. The molecule has 90 valence electrons. The molecule has 0 aromatic heterocycles. The molecule has 1 fully saturated rings. The summed E-state index contributed by atoms with van der Waals surface area (Å²) in [6, 6.07) is 8.17. The lowest BCUT2D eigenvalue weighted by Gasteiger charge is -2.19. The van der Waals surface area contributed by atoms with E-state index in [-0.39, 0.29) is 5.92 Å². The molecule has 1 aromatic carbocycles. The minimum Gasteiger partial charge on any atom is -0.361 e. The molecule has 0 heterocycles. The van der Waals surface area contributed by atoms with Crippen LogP contribution < -0.4 is 5.32 Å².